The predicted octanol–water partition coefficient (Wildman–Crippen LogP) is 4.02. The Morgan fingerprint density at radius 2 is 1.93 bits per heavy atom. The van der Waals surface area contributed by atoms with Gasteiger partial charge in [-0.1, -0.05) is 12.1 Å². The van der Waals surface area contributed by atoms with E-state index in [4.69, 9.17) is 17.0 Å². The number of halogens is 1. The van der Waals surface area contributed by atoms with Gasteiger partial charge in [-0.15, -0.1) is 0 Å². The van der Waals surface area contributed by atoms with Gasteiger partial charge in [0.05, 0.1) is 18.2 Å². The number of nitrogens with one attached hydrogen (secondary N) is 1. The van der Waals surface area contributed by atoms with Gasteiger partial charge in [-0.2, -0.15) is 0 Å². The van der Waals surface area contributed by atoms with E-state index in [2.05, 4.69) is 5.32 Å². The summed E-state index contributed by atoms with van der Waals surface area (Å²) in [5.74, 6) is 0.233. The van der Waals surface area contributed by atoms with Crippen LogP contribution in [0.4, 0.5) is 10.1 Å². The van der Waals surface area contributed by atoms with Crippen molar-refractivity contribution in [2.45, 2.75) is 19.9 Å². The minimum atomic E-state index is -0.535. The van der Waals surface area contributed by atoms with E-state index in [0.29, 0.717) is 28.6 Å². The Morgan fingerprint density at radius 1 is 1.24 bits per heavy atom. The third kappa shape index (κ3) is 4.24. The van der Waals surface area contributed by atoms with E-state index in [1.807, 2.05) is 43.0 Å². The number of benzene rings is 2. The highest BCUT2D eigenvalue weighted by atomic mass is 32.1. The van der Waals surface area contributed by atoms with E-state index in [9.17, 15) is 9.18 Å². The molecule has 2 aromatic rings. The molecule has 0 saturated carbocycles. The van der Waals surface area contributed by atoms with Crippen molar-refractivity contribution in [3.05, 3.63) is 71.2 Å². The molecule has 0 radical (unpaired) electrons. The zero-order valence-electron chi connectivity index (χ0n) is 16.9. The van der Waals surface area contributed by atoms with E-state index < -0.39 is 6.04 Å². The van der Waals surface area contributed by atoms with Crippen molar-refractivity contribution >= 4 is 28.9 Å². The lowest BCUT2D eigenvalue weighted by Gasteiger charge is -2.38. The molecule has 152 valence electrons. The first-order valence-electron chi connectivity index (χ1n) is 9.34. The molecule has 0 aromatic heterocycles. The smallest absolute Gasteiger partial charge is 0.253 e. The molecule has 1 aliphatic heterocycles. The fourth-order valence-corrected chi connectivity index (χ4v) is 3.73. The molecule has 0 saturated heterocycles. The summed E-state index contributed by atoms with van der Waals surface area (Å²) in [5, 5.41) is 3.66. The highest BCUT2D eigenvalue weighted by molar-refractivity contribution is 7.80. The molecule has 0 bridgehead atoms. The number of likely N-dealkylation sites (N-methyl/N-ethyl adjacent to an activating group) is 1. The molecule has 0 unspecified atom stereocenters. The average Bonchev–Trinajstić information content (AvgIpc) is 2.68. The van der Waals surface area contributed by atoms with Crippen molar-refractivity contribution in [3.8, 4) is 5.75 Å². The van der Waals surface area contributed by atoms with Gasteiger partial charge in [0.25, 0.3) is 5.91 Å². The first-order chi connectivity index (χ1) is 13.8. The second kappa shape index (κ2) is 8.61. The molecule has 0 fully saturated rings. The normalized spacial score (nSPS) is 16.5. The lowest BCUT2D eigenvalue weighted by Crippen LogP contribution is -2.49. The summed E-state index contributed by atoms with van der Waals surface area (Å²) < 4.78 is 19.4. The molecule has 7 heteroatoms. The van der Waals surface area contributed by atoms with E-state index in [0.717, 1.165) is 11.4 Å². The number of allylic oxidation sites excluding steroid dienone is 1. The van der Waals surface area contributed by atoms with Gasteiger partial charge in [0.1, 0.15) is 11.6 Å². The molecule has 1 N–H and O–H groups in total. The van der Waals surface area contributed by atoms with E-state index in [1.54, 1.807) is 26.2 Å². The van der Waals surface area contributed by atoms with Gasteiger partial charge < -0.3 is 15.0 Å². The van der Waals surface area contributed by atoms with E-state index in [1.165, 1.54) is 17.0 Å². The summed E-state index contributed by atoms with van der Waals surface area (Å²) in [5.41, 5.74) is 2.67. The SMILES string of the molecule is CCOc1ccc(N2C(=S)N[C@@H](c3cccc(F)c3)C(C(=O)N(C)C)=C2C)cc1. The second-order valence-corrected chi connectivity index (χ2v) is 7.29. The summed E-state index contributed by atoms with van der Waals surface area (Å²) in [6.45, 7) is 4.36. The van der Waals surface area contributed by atoms with Gasteiger partial charge in [-0.05, 0) is 68.0 Å². The summed E-state index contributed by atoms with van der Waals surface area (Å²) in [6, 6.07) is 13.2. The van der Waals surface area contributed by atoms with Crippen molar-refractivity contribution in [2.75, 3.05) is 25.6 Å². The topological polar surface area (TPSA) is 44.8 Å². The van der Waals surface area contributed by atoms with Crippen LogP contribution >= 0.6 is 12.2 Å². The van der Waals surface area contributed by atoms with Gasteiger partial charge in [0, 0.05) is 25.5 Å². The van der Waals surface area contributed by atoms with Crippen LogP contribution in [0.25, 0.3) is 0 Å². The average molecular weight is 414 g/mol. The minimum Gasteiger partial charge on any atom is -0.494 e. The fourth-order valence-electron chi connectivity index (χ4n) is 3.37. The Labute approximate surface area is 175 Å². The Balaban J connectivity index is 2.10. The van der Waals surface area contributed by atoms with Gasteiger partial charge in [0.2, 0.25) is 0 Å². The summed E-state index contributed by atoms with van der Waals surface area (Å²) in [6.07, 6.45) is 0. The summed E-state index contributed by atoms with van der Waals surface area (Å²) >= 11 is 5.62. The van der Waals surface area contributed by atoms with Gasteiger partial charge in [0.15, 0.2) is 5.11 Å². The maximum absolute atomic E-state index is 13.9. The van der Waals surface area contributed by atoms with Crippen molar-refractivity contribution < 1.29 is 13.9 Å². The van der Waals surface area contributed by atoms with Crippen LogP contribution in [0.2, 0.25) is 0 Å². The van der Waals surface area contributed by atoms with Crippen LogP contribution in [-0.4, -0.2) is 36.6 Å². The second-order valence-electron chi connectivity index (χ2n) is 6.90. The molecule has 1 aliphatic rings. The number of hydrogen-bond acceptors (Lipinski definition) is 3. The van der Waals surface area contributed by atoms with Crippen LogP contribution in [0.1, 0.15) is 25.5 Å². The highest BCUT2D eigenvalue weighted by Crippen LogP contribution is 2.35. The quantitative estimate of drug-likeness (QED) is 0.750. The molecule has 0 spiro atoms. The van der Waals surface area contributed by atoms with E-state index in [-0.39, 0.29) is 11.7 Å². The largest absolute Gasteiger partial charge is 0.494 e. The number of rotatable bonds is 5. The van der Waals surface area contributed by atoms with Crippen LogP contribution in [0.15, 0.2) is 59.8 Å². The predicted molar refractivity (Wildman–Crippen MR) is 116 cm³/mol. The van der Waals surface area contributed by atoms with Crippen molar-refractivity contribution in [1.82, 2.24) is 10.2 Å². The maximum atomic E-state index is 13.9. The molecular weight excluding hydrogens is 389 g/mol. The van der Waals surface area contributed by atoms with Crippen LogP contribution in [0.3, 0.4) is 0 Å². The number of nitrogens with zero attached hydrogens (tertiary/aromatic N) is 2. The van der Waals surface area contributed by atoms with Gasteiger partial charge in [-0.25, -0.2) is 4.39 Å². The molecule has 3 rings (SSSR count). The highest BCUT2D eigenvalue weighted by Gasteiger charge is 2.35. The van der Waals surface area contributed by atoms with Crippen LogP contribution in [0, 0.1) is 5.82 Å². The molecule has 29 heavy (non-hydrogen) atoms. The number of thiocarbonyl (C=S) groups is 1. The molecule has 1 atom stereocenters. The standard InChI is InChI=1S/C22H24FN3O2S/c1-5-28-18-11-9-17(10-12-18)26-14(2)19(21(27)25(3)4)20(24-22(26)29)15-7-6-8-16(23)13-15/h6-13,20H,5H2,1-4H3,(H,24,29)/t20-/m0/s1. The number of anilines is 1. The number of carbonyl (C=O) groups excluding carboxylic acids is 1. The molecule has 5 nitrogen and oxygen atoms in total. The summed E-state index contributed by atoms with van der Waals surface area (Å²) in [7, 11) is 3.39. The van der Waals surface area contributed by atoms with Gasteiger partial charge >= 0.3 is 0 Å². The monoisotopic (exact) mass is 413 g/mol. The van der Waals surface area contributed by atoms with Crippen molar-refractivity contribution in [1.29, 1.82) is 0 Å². The van der Waals surface area contributed by atoms with E-state index >= 15 is 0 Å². The molecule has 1 heterocycles. The third-order valence-electron chi connectivity index (χ3n) is 4.71. The Morgan fingerprint density at radius 3 is 2.52 bits per heavy atom. The number of amides is 1. The number of hydrogen-bond donors (Lipinski definition) is 1. The minimum absolute atomic E-state index is 0.164. The van der Waals surface area contributed by atoms with Crippen LogP contribution in [-0.2, 0) is 4.79 Å². The lowest BCUT2D eigenvalue weighted by molar-refractivity contribution is -0.125. The first kappa shape index (κ1) is 20.8. The third-order valence-corrected chi connectivity index (χ3v) is 5.01. The molecule has 0 aliphatic carbocycles. The maximum Gasteiger partial charge on any atom is 0.253 e. The van der Waals surface area contributed by atoms with Gasteiger partial charge in [-0.3, -0.25) is 9.69 Å². The lowest BCUT2D eigenvalue weighted by atomic mass is 9.93. The zero-order valence-corrected chi connectivity index (χ0v) is 17.7. The molecule has 2 aromatic carbocycles. The molecule has 1 amide bonds. The number of ether oxygens (including phenoxy) is 1. The fraction of sp³-hybridized carbons (Fsp3) is 0.273. The first-order valence-corrected chi connectivity index (χ1v) is 9.75. The molecular formula is C22H24FN3O2S. The zero-order chi connectivity index (χ0) is 21.1. The number of carbonyl (C=O) groups is 1. The Hall–Kier alpha value is -2.93. The summed E-state index contributed by atoms with van der Waals surface area (Å²) in [4.78, 5) is 16.4. The Bertz CT molecular complexity index is 957. The Kier molecular flexibility index (Phi) is 6.17. The van der Waals surface area contributed by atoms with Crippen LogP contribution in [0.5, 0.6) is 5.75 Å². The van der Waals surface area contributed by atoms with Crippen molar-refractivity contribution in [3.63, 3.8) is 0 Å². The van der Waals surface area contributed by atoms with Crippen LogP contribution < -0.4 is 15.0 Å². The van der Waals surface area contributed by atoms with Crippen molar-refractivity contribution in [2.24, 2.45) is 0 Å².